The first kappa shape index (κ1) is 23.1. The van der Waals surface area contributed by atoms with Crippen LogP contribution in [0, 0.1) is 5.92 Å². The molecule has 6 nitrogen and oxygen atoms in total. The van der Waals surface area contributed by atoms with Crippen LogP contribution in [0.4, 0.5) is 5.69 Å². The number of sulfonamides is 1. The first-order chi connectivity index (χ1) is 15.4. The number of hydrogen-bond acceptors (Lipinski definition) is 5. The second-order valence-corrected chi connectivity index (χ2v) is 10.6. The number of nitrogens with zero attached hydrogens (tertiary/aromatic N) is 1. The number of ether oxygens (including phenoxy) is 2. The van der Waals surface area contributed by atoms with E-state index >= 15 is 0 Å². The predicted octanol–water partition coefficient (Wildman–Crippen LogP) is 3.95. The fourth-order valence-electron chi connectivity index (χ4n) is 4.71. The summed E-state index contributed by atoms with van der Waals surface area (Å²) in [7, 11) is -3.70. The van der Waals surface area contributed by atoms with Crippen molar-refractivity contribution < 1.29 is 23.0 Å². The van der Waals surface area contributed by atoms with E-state index in [-0.39, 0.29) is 29.6 Å². The summed E-state index contributed by atoms with van der Waals surface area (Å²) in [6, 6.07) is 12.6. The Kier molecular flexibility index (Phi) is 7.08. The highest BCUT2D eigenvalue weighted by atomic mass is 32.2. The van der Waals surface area contributed by atoms with E-state index < -0.39 is 10.0 Å². The maximum Gasteiger partial charge on any atom is 0.264 e. The molecule has 2 aromatic carbocycles. The summed E-state index contributed by atoms with van der Waals surface area (Å²) in [4.78, 5) is 0.246. The van der Waals surface area contributed by atoms with Gasteiger partial charge in [-0.25, -0.2) is 8.42 Å². The lowest BCUT2D eigenvalue weighted by atomic mass is 9.94. The van der Waals surface area contributed by atoms with Gasteiger partial charge in [-0.2, -0.15) is 0 Å². The number of hydrogen-bond donors (Lipinski definition) is 1. The second-order valence-electron chi connectivity index (χ2n) is 8.77. The largest absolute Gasteiger partial charge is 0.488 e. The lowest BCUT2D eigenvalue weighted by molar-refractivity contribution is -0.00307. The Balaban J connectivity index is 1.56. The highest BCUT2D eigenvalue weighted by molar-refractivity contribution is 7.92. The van der Waals surface area contributed by atoms with Crippen LogP contribution in [0.2, 0.25) is 0 Å². The molecule has 0 amide bonds. The molecule has 2 heterocycles. The molecule has 1 saturated heterocycles. The van der Waals surface area contributed by atoms with Crippen molar-refractivity contribution in [3.63, 3.8) is 0 Å². The van der Waals surface area contributed by atoms with E-state index in [0.29, 0.717) is 19.0 Å². The summed E-state index contributed by atoms with van der Waals surface area (Å²) in [6.45, 7) is 5.35. The van der Waals surface area contributed by atoms with Crippen LogP contribution in [0.25, 0.3) is 0 Å². The first-order valence-corrected chi connectivity index (χ1v) is 13.0. The number of benzene rings is 2. The normalized spacial score (nSPS) is 20.6. The standard InChI is InChI=1S/C25H33NO5S/c1-3-19-5-11-24-21(16-19)6-4-18(2)26(24)32(28,29)23-9-7-22(8-10-23)31-25(17-27)20-12-14-30-15-13-20/h5,7-11,16,18,20,25,27H,3-4,6,12-15,17H2,1-2H3/t18-,25?/m0/s1. The van der Waals surface area contributed by atoms with Crippen molar-refractivity contribution in [1.82, 2.24) is 0 Å². The Bertz CT molecular complexity index is 1020. The fourth-order valence-corrected chi connectivity index (χ4v) is 6.43. The summed E-state index contributed by atoms with van der Waals surface area (Å²) in [5, 5.41) is 9.78. The van der Waals surface area contributed by atoms with E-state index in [0.717, 1.165) is 43.4 Å². The minimum Gasteiger partial charge on any atom is -0.488 e. The van der Waals surface area contributed by atoms with Gasteiger partial charge < -0.3 is 14.6 Å². The van der Waals surface area contributed by atoms with Crippen molar-refractivity contribution >= 4 is 15.7 Å². The molecule has 174 valence electrons. The summed E-state index contributed by atoms with van der Waals surface area (Å²) in [5.74, 6) is 0.796. The zero-order valence-corrected chi connectivity index (χ0v) is 19.7. The van der Waals surface area contributed by atoms with Gasteiger partial charge in [0.15, 0.2) is 0 Å². The van der Waals surface area contributed by atoms with Gasteiger partial charge in [-0.05, 0) is 80.5 Å². The summed E-state index contributed by atoms with van der Waals surface area (Å²) in [5.41, 5.74) is 3.09. The molecule has 4 rings (SSSR count). The number of anilines is 1. The molecule has 2 aromatic rings. The van der Waals surface area contributed by atoms with Crippen molar-refractivity contribution in [3.05, 3.63) is 53.6 Å². The van der Waals surface area contributed by atoms with Gasteiger partial charge in [-0.3, -0.25) is 4.31 Å². The molecule has 2 aliphatic heterocycles. The molecule has 0 bridgehead atoms. The van der Waals surface area contributed by atoms with Gasteiger partial charge >= 0.3 is 0 Å². The Morgan fingerprint density at radius 3 is 2.50 bits per heavy atom. The fraction of sp³-hybridized carbons (Fsp3) is 0.520. The molecule has 0 spiro atoms. The summed E-state index contributed by atoms with van der Waals surface area (Å²) >= 11 is 0. The van der Waals surface area contributed by atoms with Gasteiger partial charge in [0.25, 0.3) is 10.0 Å². The third-order valence-electron chi connectivity index (χ3n) is 6.66. The lowest BCUT2D eigenvalue weighted by Gasteiger charge is -2.36. The molecule has 0 radical (unpaired) electrons. The van der Waals surface area contributed by atoms with Gasteiger partial charge in [0, 0.05) is 25.2 Å². The number of rotatable bonds is 7. The molecular formula is C25H33NO5S. The monoisotopic (exact) mass is 459 g/mol. The molecule has 1 N–H and O–H groups in total. The van der Waals surface area contributed by atoms with Crippen LogP contribution in [0.5, 0.6) is 5.75 Å². The second kappa shape index (κ2) is 9.81. The SMILES string of the molecule is CCc1ccc2c(c1)CC[C@H](C)N2S(=O)(=O)c1ccc(OC(CO)C2CCOCC2)cc1. The molecule has 1 fully saturated rings. The highest BCUT2D eigenvalue weighted by Crippen LogP contribution is 2.36. The average Bonchev–Trinajstić information content (AvgIpc) is 2.82. The number of fused-ring (bicyclic) bond motifs is 1. The van der Waals surface area contributed by atoms with E-state index in [2.05, 4.69) is 13.0 Å². The van der Waals surface area contributed by atoms with Crippen molar-refractivity contribution in [2.75, 3.05) is 24.1 Å². The third kappa shape index (κ3) is 4.65. The van der Waals surface area contributed by atoms with E-state index in [4.69, 9.17) is 9.47 Å². The number of aliphatic hydroxyl groups is 1. The molecule has 0 saturated carbocycles. The minimum atomic E-state index is -3.70. The Morgan fingerprint density at radius 2 is 1.84 bits per heavy atom. The van der Waals surface area contributed by atoms with E-state index in [9.17, 15) is 13.5 Å². The van der Waals surface area contributed by atoms with Crippen LogP contribution >= 0.6 is 0 Å². The van der Waals surface area contributed by atoms with E-state index in [1.165, 1.54) is 5.56 Å². The highest BCUT2D eigenvalue weighted by Gasteiger charge is 2.34. The van der Waals surface area contributed by atoms with Crippen molar-refractivity contribution in [2.45, 2.75) is 63.0 Å². The van der Waals surface area contributed by atoms with Crippen LogP contribution in [-0.2, 0) is 27.6 Å². The first-order valence-electron chi connectivity index (χ1n) is 11.6. The van der Waals surface area contributed by atoms with Gasteiger partial charge in [0.1, 0.15) is 11.9 Å². The topological polar surface area (TPSA) is 76.1 Å². The lowest BCUT2D eigenvalue weighted by Crippen LogP contribution is -2.42. The molecule has 7 heteroatoms. The molecule has 32 heavy (non-hydrogen) atoms. The number of aryl methyl sites for hydroxylation is 2. The van der Waals surface area contributed by atoms with Gasteiger partial charge in [-0.15, -0.1) is 0 Å². The van der Waals surface area contributed by atoms with Gasteiger partial charge in [0.2, 0.25) is 0 Å². The Hall–Kier alpha value is -2.09. The smallest absolute Gasteiger partial charge is 0.264 e. The van der Waals surface area contributed by atoms with Crippen molar-refractivity contribution in [1.29, 1.82) is 0 Å². The maximum absolute atomic E-state index is 13.6. The molecule has 0 aliphatic carbocycles. The molecule has 0 aromatic heterocycles. The molecule has 1 unspecified atom stereocenters. The quantitative estimate of drug-likeness (QED) is 0.679. The zero-order valence-electron chi connectivity index (χ0n) is 18.9. The molecule has 2 aliphatic rings. The van der Waals surface area contributed by atoms with Crippen molar-refractivity contribution in [3.8, 4) is 5.75 Å². The third-order valence-corrected chi connectivity index (χ3v) is 8.60. The van der Waals surface area contributed by atoms with Gasteiger partial charge in [-0.1, -0.05) is 19.1 Å². The van der Waals surface area contributed by atoms with Crippen LogP contribution < -0.4 is 9.04 Å². The Morgan fingerprint density at radius 1 is 1.12 bits per heavy atom. The van der Waals surface area contributed by atoms with Crippen LogP contribution in [0.15, 0.2) is 47.4 Å². The molecule has 2 atom stereocenters. The van der Waals surface area contributed by atoms with E-state index in [1.807, 2.05) is 19.1 Å². The zero-order chi connectivity index (χ0) is 22.7. The van der Waals surface area contributed by atoms with Crippen LogP contribution in [0.1, 0.15) is 44.2 Å². The van der Waals surface area contributed by atoms with E-state index in [1.54, 1.807) is 28.6 Å². The summed E-state index contributed by atoms with van der Waals surface area (Å²) in [6.07, 6.45) is 4.00. The van der Waals surface area contributed by atoms with Crippen LogP contribution in [0.3, 0.4) is 0 Å². The van der Waals surface area contributed by atoms with Crippen molar-refractivity contribution in [2.24, 2.45) is 5.92 Å². The van der Waals surface area contributed by atoms with Crippen LogP contribution in [-0.4, -0.2) is 45.5 Å². The minimum absolute atomic E-state index is 0.0768. The predicted molar refractivity (Wildman–Crippen MR) is 125 cm³/mol. The Labute approximate surface area is 191 Å². The van der Waals surface area contributed by atoms with Gasteiger partial charge in [0.05, 0.1) is 17.2 Å². The number of aliphatic hydroxyl groups excluding tert-OH is 1. The molecular weight excluding hydrogens is 426 g/mol. The maximum atomic E-state index is 13.6. The summed E-state index contributed by atoms with van der Waals surface area (Å²) < 4.78 is 40.1. The average molecular weight is 460 g/mol.